The highest BCUT2D eigenvalue weighted by Gasteiger charge is 2.14. The number of nitrogens with two attached hydrogens (primary N) is 1. The van der Waals surface area contributed by atoms with Crippen LogP contribution in [-0.4, -0.2) is 34.9 Å². The summed E-state index contributed by atoms with van der Waals surface area (Å²) in [5, 5.41) is 11.2. The van der Waals surface area contributed by atoms with E-state index in [0.29, 0.717) is 22.6 Å². The van der Waals surface area contributed by atoms with Crippen molar-refractivity contribution in [3.8, 4) is 16.9 Å². The van der Waals surface area contributed by atoms with Crippen LogP contribution in [0.5, 0.6) is 0 Å². The average molecular weight is 384 g/mol. The molecular weight excluding hydrogens is 373 g/mol. The number of benzene rings is 1. The highest BCUT2D eigenvalue weighted by Crippen LogP contribution is 2.26. The van der Waals surface area contributed by atoms with E-state index >= 15 is 0 Å². The van der Waals surface area contributed by atoms with Crippen molar-refractivity contribution < 1.29 is 4.39 Å². The van der Waals surface area contributed by atoms with Crippen LogP contribution in [0.3, 0.4) is 0 Å². The number of nitrogens with zero attached hydrogens (tertiary/aromatic N) is 7. The molecule has 0 saturated heterocycles. The number of nitrogens with one attached hydrogen (secondary N) is 1. The second kappa shape index (κ2) is 6.92. The molecule has 3 aromatic heterocycles. The van der Waals surface area contributed by atoms with E-state index in [4.69, 9.17) is 17.3 Å². The van der Waals surface area contributed by atoms with Crippen LogP contribution >= 0.6 is 11.6 Å². The normalized spacial score (nSPS) is 10.7. The molecule has 4 rings (SSSR count). The molecule has 1 aromatic carbocycles. The van der Waals surface area contributed by atoms with Gasteiger partial charge >= 0.3 is 0 Å². The number of aromatic nitrogens is 7. The SMILES string of the molecule is Nc1ncc(-c2cnc(Nc3ccc(F)c(Cl)c3)nc2-n2nccn2)cn1. The maximum Gasteiger partial charge on any atom is 0.229 e. The molecule has 0 atom stereocenters. The molecule has 0 saturated carbocycles. The Labute approximate surface area is 157 Å². The predicted molar refractivity (Wildman–Crippen MR) is 97.1 cm³/mol. The monoisotopic (exact) mass is 383 g/mol. The zero-order chi connectivity index (χ0) is 18.8. The van der Waals surface area contributed by atoms with Gasteiger partial charge in [-0.05, 0) is 18.2 Å². The number of halogens is 2. The summed E-state index contributed by atoms with van der Waals surface area (Å²) in [6, 6.07) is 4.21. The van der Waals surface area contributed by atoms with Gasteiger partial charge in [0, 0.05) is 35.4 Å². The second-order valence-electron chi connectivity index (χ2n) is 5.33. The number of hydrogen-bond acceptors (Lipinski definition) is 8. The zero-order valence-corrected chi connectivity index (χ0v) is 14.3. The molecule has 134 valence electrons. The minimum atomic E-state index is -0.511. The third kappa shape index (κ3) is 3.51. The first-order valence-electron chi connectivity index (χ1n) is 7.64. The van der Waals surface area contributed by atoms with Gasteiger partial charge in [-0.25, -0.2) is 19.3 Å². The lowest BCUT2D eigenvalue weighted by Gasteiger charge is -2.11. The van der Waals surface area contributed by atoms with Crippen LogP contribution in [0.1, 0.15) is 0 Å². The Bertz CT molecular complexity index is 1080. The fourth-order valence-corrected chi connectivity index (χ4v) is 2.47. The first-order chi connectivity index (χ1) is 13.1. The van der Waals surface area contributed by atoms with E-state index in [-0.39, 0.29) is 16.9 Å². The van der Waals surface area contributed by atoms with Crippen LogP contribution in [0.15, 0.2) is 49.2 Å². The summed E-state index contributed by atoms with van der Waals surface area (Å²) in [7, 11) is 0. The highest BCUT2D eigenvalue weighted by molar-refractivity contribution is 6.31. The van der Waals surface area contributed by atoms with Crippen LogP contribution < -0.4 is 11.1 Å². The molecular formula is C16H11ClFN9. The summed E-state index contributed by atoms with van der Waals surface area (Å²) in [5.41, 5.74) is 7.32. The van der Waals surface area contributed by atoms with Crippen molar-refractivity contribution >= 4 is 29.2 Å². The molecule has 4 aromatic rings. The molecule has 3 heterocycles. The van der Waals surface area contributed by atoms with Gasteiger partial charge in [-0.15, -0.1) is 4.80 Å². The van der Waals surface area contributed by atoms with Gasteiger partial charge in [0.2, 0.25) is 11.9 Å². The molecule has 0 radical (unpaired) electrons. The lowest BCUT2D eigenvalue weighted by Crippen LogP contribution is -2.08. The topological polar surface area (TPSA) is 120 Å². The average Bonchev–Trinajstić information content (AvgIpc) is 3.20. The van der Waals surface area contributed by atoms with Gasteiger partial charge in [-0.1, -0.05) is 11.6 Å². The number of rotatable bonds is 4. The molecule has 0 spiro atoms. The summed E-state index contributed by atoms with van der Waals surface area (Å²) in [6.45, 7) is 0. The fourth-order valence-electron chi connectivity index (χ4n) is 2.29. The molecule has 9 nitrogen and oxygen atoms in total. The fraction of sp³-hybridized carbons (Fsp3) is 0. The van der Waals surface area contributed by atoms with E-state index in [1.165, 1.54) is 35.4 Å². The number of hydrogen-bond donors (Lipinski definition) is 2. The van der Waals surface area contributed by atoms with Crippen LogP contribution in [-0.2, 0) is 0 Å². The van der Waals surface area contributed by atoms with E-state index in [2.05, 4.69) is 35.5 Å². The minimum Gasteiger partial charge on any atom is -0.368 e. The van der Waals surface area contributed by atoms with Gasteiger partial charge in [-0.3, -0.25) is 0 Å². The molecule has 0 bridgehead atoms. The first kappa shape index (κ1) is 16.8. The Balaban J connectivity index is 1.76. The van der Waals surface area contributed by atoms with E-state index in [1.807, 2.05) is 0 Å². The van der Waals surface area contributed by atoms with E-state index in [1.54, 1.807) is 18.6 Å². The van der Waals surface area contributed by atoms with Gasteiger partial charge in [0.1, 0.15) is 5.82 Å². The summed E-state index contributed by atoms with van der Waals surface area (Å²) in [4.78, 5) is 18.0. The number of anilines is 3. The Hall–Kier alpha value is -3.66. The van der Waals surface area contributed by atoms with Crippen molar-refractivity contribution in [1.29, 1.82) is 0 Å². The van der Waals surface area contributed by atoms with E-state index in [0.717, 1.165) is 0 Å². The van der Waals surface area contributed by atoms with E-state index in [9.17, 15) is 4.39 Å². The quantitative estimate of drug-likeness (QED) is 0.551. The largest absolute Gasteiger partial charge is 0.368 e. The molecule has 0 fully saturated rings. The third-order valence-corrected chi connectivity index (χ3v) is 3.83. The van der Waals surface area contributed by atoms with Gasteiger partial charge in [-0.2, -0.15) is 15.2 Å². The maximum atomic E-state index is 13.3. The lowest BCUT2D eigenvalue weighted by molar-refractivity contribution is 0.628. The maximum absolute atomic E-state index is 13.3. The third-order valence-electron chi connectivity index (χ3n) is 3.54. The van der Waals surface area contributed by atoms with E-state index < -0.39 is 5.82 Å². The molecule has 0 unspecified atom stereocenters. The molecule has 11 heteroatoms. The molecule has 3 N–H and O–H groups in total. The zero-order valence-electron chi connectivity index (χ0n) is 13.6. The predicted octanol–water partition coefficient (Wildman–Crippen LogP) is 2.63. The van der Waals surface area contributed by atoms with Gasteiger partial charge in [0.25, 0.3) is 0 Å². The molecule has 0 aliphatic rings. The van der Waals surface area contributed by atoms with Crippen molar-refractivity contribution in [1.82, 2.24) is 34.9 Å². The lowest BCUT2D eigenvalue weighted by atomic mass is 10.2. The summed E-state index contributed by atoms with van der Waals surface area (Å²) >= 11 is 5.81. The van der Waals surface area contributed by atoms with Gasteiger partial charge in [0.05, 0.1) is 17.4 Å². The summed E-state index contributed by atoms with van der Waals surface area (Å²) < 4.78 is 13.3. The minimum absolute atomic E-state index is 0.00962. The van der Waals surface area contributed by atoms with Crippen LogP contribution in [0, 0.1) is 5.82 Å². The van der Waals surface area contributed by atoms with Crippen LogP contribution in [0.2, 0.25) is 5.02 Å². The molecule has 0 aliphatic heterocycles. The second-order valence-corrected chi connectivity index (χ2v) is 5.74. The van der Waals surface area contributed by atoms with Crippen molar-refractivity contribution in [2.24, 2.45) is 0 Å². The summed E-state index contributed by atoms with van der Waals surface area (Å²) in [5.74, 6) is 0.303. The first-order valence-corrected chi connectivity index (χ1v) is 8.01. The Morgan fingerprint density at radius 3 is 2.48 bits per heavy atom. The molecule has 0 aliphatic carbocycles. The number of nitrogen functional groups attached to an aromatic ring is 1. The van der Waals surface area contributed by atoms with Crippen molar-refractivity contribution in [3.63, 3.8) is 0 Å². The van der Waals surface area contributed by atoms with Gasteiger partial charge in [0.15, 0.2) is 5.82 Å². The van der Waals surface area contributed by atoms with Crippen LogP contribution in [0.4, 0.5) is 22.0 Å². The van der Waals surface area contributed by atoms with Crippen LogP contribution in [0.25, 0.3) is 16.9 Å². The standard InChI is InChI=1S/C16H11ClFN9/c17-12-5-10(1-2-13(12)18)25-16-22-8-11(9-6-20-15(19)21-7-9)14(26-16)27-23-3-4-24-27/h1-8H,(H2,19,20,21)(H,22,25,26). The highest BCUT2D eigenvalue weighted by atomic mass is 35.5. The Morgan fingerprint density at radius 1 is 1.04 bits per heavy atom. The van der Waals surface area contributed by atoms with Gasteiger partial charge < -0.3 is 11.1 Å². The molecule has 27 heavy (non-hydrogen) atoms. The summed E-state index contributed by atoms with van der Waals surface area (Å²) in [6.07, 6.45) is 7.74. The Kier molecular flexibility index (Phi) is 4.30. The van der Waals surface area contributed by atoms with Crippen molar-refractivity contribution in [2.45, 2.75) is 0 Å². The van der Waals surface area contributed by atoms with Crippen molar-refractivity contribution in [2.75, 3.05) is 11.1 Å². The van der Waals surface area contributed by atoms with Crippen molar-refractivity contribution in [3.05, 3.63) is 60.0 Å². The smallest absolute Gasteiger partial charge is 0.229 e. The molecule has 0 amide bonds. The Morgan fingerprint density at radius 2 is 1.78 bits per heavy atom.